The highest BCUT2D eigenvalue weighted by atomic mass is 16.5. The zero-order valence-corrected chi connectivity index (χ0v) is 30.6. The fourth-order valence-corrected chi connectivity index (χ4v) is 8.26. The van der Waals surface area contributed by atoms with Crippen molar-refractivity contribution in [2.24, 2.45) is 0 Å². The number of nitrogens with zero attached hydrogens (tertiary/aromatic N) is 2. The molecule has 0 amide bonds. The highest BCUT2D eigenvalue weighted by Crippen LogP contribution is 2.55. The number of hydrogen-bond acceptors (Lipinski definition) is 3. The number of benzene rings is 8. The van der Waals surface area contributed by atoms with Gasteiger partial charge in [0.25, 0.3) is 0 Å². The molecule has 0 saturated carbocycles. The third kappa shape index (κ3) is 5.78. The maximum absolute atomic E-state index is 6.58. The standard InChI is InChI=1S/C53H36N2O/c1-4-17-37(18-5-1)38-31-33-40(34-32-38)49-36-48(39-19-6-2-7-20-39)54-52(55-49)45-26-11-10-25-44(45)41-21-16-24-43(35-41)53(42-22-8-3-9-23-42)46-27-12-14-29-50(46)56-51-30-15-13-28-47(51)53/h1-36H. The van der Waals surface area contributed by atoms with Gasteiger partial charge in [-0.1, -0.05) is 194 Å². The molecule has 0 atom stereocenters. The lowest BCUT2D eigenvalue weighted by atomic mass is 9.63. The predicted octanol–water partition coefficient (Wildman–Crippen LogP) is 13.3. The minimum Gasteiger partial charge on any atom is -0.457 e. The Hall–Kier alpha value is -7.36. The van der Waals surface area contributed by atoms with E-state index in [-0.39, 0.29) is 0 Å². The quantitative estimate of drug-likeness (QED) is 0.165. The Morgan fingerprint density at radius 2 is 0.768 bits per heavy atom. The highest BCUT2D eigenvalue weighted by Gasteiger charge is 2.45. The molecule has 1 aliphatic heterocycles. The summed E-state index contributed by atoms with van der Waals surface area (Å²) in [6.45, 7) is 0. The summed E-state index contributed by atoms with van der Waals surface area (Å²) in [6, 6.07) is 76.7. The predicted molar refractivity (Wildman–Crippen MR) is 228 cm³/mol. The summed E-state index contributed by atoms with van der Waals surface area (Å²) in [7, 11) is 0. The monoisotopic (exact) mass is 716 g/mol. The van der Waals surface area contributed by atoms with E-state index in [0.29, 0.717) is 5.82 Å². The van der Waals surface area contributed by atoms with Crippen molar-refractivity contribution in [2.75, 3.05) is 0 Å². The van der Waals surface area contributed by atoms with Gasteiger partial charge in [-0.05, 0) is 57.6 Å². The van der Waals surface area contributed by atoms with Gasteiger partial charge in [-0.2, -0.15) is 0 Å². The molecule has 10 rings (SSSR count). The maximum Gasteiger partial charge on any atom is 0.161 e. The van der Waals surface area contributed by atoms with Crippen LogP contribution in [0, 0.1) is 0 Å². The van der Waals surface area contributed by atoms with Crippen LogP contribution < -0.4 is 4.74 Å². The molecule has 2 heterocycles. The van der Waals surface area contributed by atoms with Gasteiger partial charge < -0.3 is 4.74 Å². The van der Waals surface area contributed by atoms with Gasteiger partial charge in [0.2, 0.25) is 0 Å². The second-order valence-electron chi connectivity index (χ2n) is 14.1. The van der Waals surface area contributed by atoms with Gasteiger partial charge in [-0.3, -0.25) is 0 Å². The van der Waals surface area contributed by atoms with Gasteiger partial charge >= 0.3 is 0 Å². The molecular formula is C53H36N2O. The van der Waals surface area contributed by atoms with Crippen LogP contribution in [0.15, 0.2) is 218 Å². The van der Waals surface area contributed by atoms with E-state index in [9.17, 15) is 0 Å². The molecule has 8 aromatic carbocycles. The van der Waals surface area contributed by atoms with Crippen molar-refractivity contribution < 1.29 is 4.74 Å². The first kappa shape index (κ1) is 33.2. The lowest BCUT2D eigenvalue weighted by molar-refractivity contribution is 0.434. The van der Waals surface area contributed by atoms with Crippen LogP contribution in [0.5, 0.6) is 11.5 Å². The fourth-order valence-electron chi connectivity index (χ4n) is 8.26. The maximum atomic E-state index is 6.58. The summed E-state index contributed by atoms with van der Waals surface area (Å²) < 4.78 is 6.58. The molecule has 0 aliphatic carbocycles. The second kappa shape index (κ2) is 14.1. The Bertz CT molecular complexity index is 2770. The summed E-state index contributed by atoms with van der Waals surface area (Å²) in [6.07, 6.45) is 0. The number of hydrogen-bond donors (Lipinski definition) is 0. The Labute approximate surface area is 327 Å². The number of fused-ring (bicyclic) bond motifs is 2. The van der Waals surface area contributed by atoms with Crippen molar-refractivity contribution in [1.29, 1.82) is 0 Å². The molecule has 0 saturated heterocycles. The summed E-state index contributed by atoms with van der Waals surface area (Å²) in [5.74, 6) is 2.39. The van der Waals surface area contributed by atoms with E-state index < -0.39 is 5.41 Å². The van der Waals surface area contributed by atoms with Gasteiger partial charge in [0.05, 0.1) is 16.8 Å². The van der Waals surface area contributed by atoms with Crippen LogP contribution in [0.4, 0.5) is 0 Å². The smallest absolute Gasteiger partial charge is 0.161 e. The third-order valence-electron chi connectivity index (χ3n) is 10.9. The Kier molecular flexibility index (Phi) is 8.38. The average Bonchev–Trinajstić information content (AvgIpc) is 3.29. The van der Waals surface area contributed by atoms with E-state index in [1.807, 2.05) is 24.3 Å². The summed E-state index contributed by atoms with van der Waals surface area (Å²) in [4.78, 5) is 10.5. The minimum atomic E-state index is -0.625. The lowest BCUT2D eigenvalue weighted by Gasteiger charge is -2.41. The van der Waals surface area contributed by atoms with E-state index in [4.69, 9.17) is 14.7 Å². The fraction of sp³-hybridized carbons (Fsp3) is 0.0189. The van der Waals surface area contributed by atoms with Crippen molar-refractivity contribution in [3.63, 3.8) is 0 Å². The van der Waals surface area contributed by atoms with Gasteiger partial charge in [0.1, 0.15) is 11.5 Å². The SMILES string of the molecule is c1ccc(-c2ccc(-c3cc(-c4ccccc4)nc(-c4ccccc4-c4cccc(C5(c6ccccc6)c6ccccc6Oc6ccccc65)c4)n3)cc2)cc1. The van der Waals surface area contributed by atoms with Crippen LogP contribution in [0.25, 0.3) is 56.2 Å². The first-order valence-corrected chi connectivity index (χ1v) is 19.0. The van der Waals surface area contributed by atoms with Crippen molar-refractivity contribution in [3.05, 3.63) is 241 Å². The molecule has 0 fully saturated rings. The normalized spacial score (nSPS) is 12.6. The van der Waals surface area contributed by atoms with E-state index in [2.05, 4.69) is 194 Å². The molecule has 1 aliphatic rings. The Morgan fingerprint density at radius 1 is 0.321 bits per heavy atom. The van der Waals surface area contributed by atoms with Crippen molar-refractivity contribution >= 4 is 0 Å². The molecule has 56 heavy (non-hydrogen) atoms. The molecule has 3 heteroatoms. The third-order valence-corrected chi connectivity index (χ3v) is 10.9. The largest absolute Gasteiger partial charge is 0.457 e. The number of ether oxygens (including phenoxy) is 1. The zero-order valence-electron chi connectivity index (χ0n) is 30.6. The molecule has 9 aromatic rings. The highest BCUT2D eigenvalue weighted by molar-refractivity contribution is 5.84. The van der Waals surface area contributed by atoms with E-state index in [1.165, 1.54) is 16.7 Å². The molecule has 0 spiro atoms. The Balaban J connectivity index is 1.15. The van der Waals surface area contributed by atoms with Crippen LogP contribution in [0.1, 0.15) is 22.3 Å². The average molecular weight is 717 g/mol. The van der Waals surface area contributed by atoms with Crippen LogP contribution in [-0.2, 0) is 5.41 Å². The molecule has 1 aromatic heterocycles. The van der Waals surface area contributed by atoms with E-state index in [0.717, 1.165) is 67.4 Å². The van der Waals surface area contributed by atoms with Gasteiger partial charge in [-0.15, -0.1) is 0 Å². The Morgan fingerprint density at radius 3 is 1.41 bits per heavy atom. The summed E-state index contributed by atoms with van der Waals surface area (Å²) in [5.41, 5.74) is 13.2. The van der Waals surface area contributed by atoms with Crippen LogP contribution in [0.2, 0.25) is 0 Å². The lowest BCUT2D eigenvalue weighted by Crippen LogP contribution is -2.34. The zero-order chi connectivity index (χ0) is 37.3. The van der Waals surface area contributed by atoms with E-state index >= 15 is 0 Å². The molecule has 0 radical (unpaired) electrons. The van der Waals surface area contributed by atoms with Gasteiger partial charge in [0, 0.05) is 27.8 Å². The van der Waals surface area contributed by atoms with Crippen molar-refractivity contribution in [3.8, 4) is 67.7 Å². The minimum absolute atomic E-state index is 0.625. The number of aromatic nitrogens is 2. The van der Waals surface area contributed by atoms with E-state index in [1.54, 1.807) is 0 Å². The van der Waals surface area contributed by atoms with Gasteiger partial charge in [0.15, 0.2) is 5.82 Å². The summed E-state index contributed by atoms with van der Waals surface area (Å²) >= 11 is 0. The van der Waals surface area contributed by atoms with Crippen LogP contribution >= 0.6 is 0 Å². The van der Waals surface area contributed by atoms with Crippen molar-refractivity contribution in [1.82, 2.24) is 9.97 Å². The van der Waals surface area contributed by atoms with Crippen LogP contribution in [0.3, 0.4) is 0 Å². The summed E-state index contributed by atoms with van der Waals surface area (Å²) in [5, 5.41) is 0. The molecule has 0 bridgehead atoms. The number of rotatable bonds is 7. The number of para-hydroxylation sites is 2. The van der Waals surface area contributed by atoms with Crippen LogP contribution in [-0.4, -0.2) is 9.97 Å². The second-order valence-corrected chi connectivity index (χ2v) is 14.1. The molecule has 0 unspecified atom stereocenters. The van der Waals surface area contributed by atoms with Gasteiger partial charge in [-0.25, -0.2) is 9.97 Å². The first-order chi connectivity index (χ1) is 27.8. The topological polar surface area (TPSA) is 35.0 Å². The van der Waals surface area contributed by atoms with Crippen molar-refractivity contribution in [2.45, 2.75) is 5.41 Å². The molecule has 0 N–H and O–H groups in total. The molecular weight excluding hydrogens is 681 g/mol. The molecule has 3 nitrogen and oxygen atoms in total. The molecule has 264 valence electrons. The first-order valence-electron chi connectivity index (χ1n) is 19.0.